The summed E-state index contributed by atoms with van der Waals surface area (Å²) in [5.74, 6) is -0.259. The van der Waals surface area contributed by atoms with Gasteiger partial charge in [0.2, 0.25) is 5.91 Å². The molecule has 1 N–H and O–H groups in total. The summed E-state index contributed by atoms with van der Waals surface area (Å²) in [6, 6.07) is 17.3. The predicted molar refractivity (Wildman–Crippen MR) is 125 cm³/mol. The smallest absolute Gasteiger partial charge is 0.261 e. The first-order valence-corrected chi connectivity index (χ1v) is 13.0. The van der Waals surface area contributed by atoms with Crippen molar-refractivity contribution in [3.8, 4) is 11.1 Å². The van der Waals surface area contributed by atoms with E-state index < -0.39 is 9.84 Å². The molecular formula is C22H19BrN2O4S2. The Bertz CT molecular complexity index is 1250. The summed E-state index contributed by atoms with van der Waals surface area (Å²) in [6.45, 7) is 0.385. The molecule has 1 fully saturated rings. The zero-order chi connectivity index (χ0) is 22.2. The Morgan fingerprint density at radius 2 is 1.81 bits per heavy atom. The summed E-state index contributed by atoms with van der Waals surface area (Å²) >= 11 is 4.69. The highest BCUT2D eigenvalue weighted by atomic mass is 79.9. The summed E-state index contributed by atoms with van der Waals surface area (Å²) < 4.78 is 25.0. The van der Waals surface area contributed by atoms with E-state index in [1.165, 1.54) is 17.6 Å². The molecule has 0 bridgehead atoms. The third-order valence-electron chi connectivity index (χ3n) is 5.03. The zero-order valence-corrected chi connectivity index (χ0v) is 19.8. The molecule has 2 amide bonds. The van der Waals surface area contributed by atoms with Crippen LogP contribution in [0.1, 0.15) is 16.1 Å². The van der Waals surface area contributed by atoms with E-state index in [2.05, 4.69) is 21.2 Å². The summed E-state index contributed by atoms with van der Waals surface area (Å²) in [5, 5.41) is 2.92. The maximum absolute atomic E-state index is 12.5. The van der Waals surface area contributed by atoms with Gasteiger partial charge in [0.05, 0.1) is 19.6 Å². The number of nitrogens with one attached hydrogen (secondary N) is 1. The van der Waals surface area contributed by atoms with E-state index in [1.807, 2.05) is 18.2 Å². The van der Waals surface area contributed by atoms with Crippen LogP contribution in [0.15, 0.2) is 69.3 Å². The minimum Gasteiger partial charge on any atom is -0.346 e. The van der Waals surface area contributed by atoms with Crippen molar-refractivity contribution >= 4 is 54.6 Å². The Labute approximate surface area is 192 Å². The van der Waals surface area contributed by atoms with E-state index in [1.54, 1.807) is 47.4 Å². The number of carbonyl (C=O) groups is 2. The van der Waals surface area contributed by atoms with E-state index in [4.69, 9.17) is 0 Å². The third kappa shape index (κ3) is 4.73. The third-order valence-corrected chi connectivity index (χ3v) is 7.81. The van der Waals surface area contributed by atoms with Crippen molar-refractivity contribution in [1.29, 1.82) is 0 Å². The summed E-state index contributed by atoms with van der Waals surface area (Å²) in [5.41, 5.74) is 2.09. The molecule has 1 unspecified atom stereocenters. The number of thiophene rings is 1. The number of rotatable bonds is 5. The Kier molecular flexibility index (Phi) is 6.00. The molecule has 1 aromatic heterocycles. The number of halogens is 1. The predicted octanol–water partition coefficient (Wildman–Crippen LogP) is 4.12. The van der Waals surface area contributed by atoms with Crippen LogP contribution >= 0.6 is 27.3 Å². The van der Waals surface area contributed by atoms with Crippen LogP contribution in [-0.4, -0.2) is 39.1 Å². The van der Waals surface area contributed by atoms with Crippen molar-refractivity contribution in [3.63, 3.8) is 0 Å². The quantitative estimate of drug-likeness (QED) is 0.550. The molecule has 4 rings (SSSR count). The molecule has 0 aliphatic carbocycles. The first-order valence-electron chi connectivity index (χ1n) is 9.48. The van der Waals surface area contributed by atoms with Gasteiger partial charge >= 0.3 is 0 Å². The molecule has 160 valence electrons. The molecule has 2 aromatic carbocycles. The highest BCUT2D eigenvalue weighted by Crippen LogP contribution is 2.30. The Balaban J connectivity index is 1.50. The van der Waals surface area contributed by atoms with Crippen LogP contribution in [0.5, 0.6) is 0 Å². The van der Waals surface area contributed by atoms with Crippen molar-refractivity contribution < 1.29 is 18.0 Å². The molecule has 1 aliphatic heterocycles. The Morgan fingerprint density at radius 1 is 1.10 bits per heavy atom. The molecule has 9 heteroatoms. The van der Waals surface area contributed by atoms with Crippen LogP contribution in [0, 0.1) is 0 Å². The highest BCUT2D eigenvalue weighted by molar-refractivity contribution is 9.11. The van der Waals surface area contributed by atoms with E-state index in [9.17, 15) is 18.0 Å². The lowest BCUT2D eigenvalue weighted by molar-refractivity contribution is -0.117. The maximum atomic E-state index is 12.5. The normalized spacial score (nSPS) is 16.5. The average Bonchev–Trinajstić information content (AvgIpc) is 3.33. The van der Waals surface area contributed by atoms with Gasteiger partial charge in [0.25, 0.3) is 5.91 Å². The van der Waals surface area contributed by atoms with Gasteiger partial charge < -0.3 is 10.2 Å². The summed E-state index contributed by atoms with van der Waals surface area (Å²) in [7, 11) is -3.36. The SMILES string of the molecule is CS(=O)(=O)c1ccccc1-c1ccc(N2CC(NC(=O)c3ccc(Br)s3)CC2=O)cc1. The fourth-order valence-corrected chi connectivity index (χ4v) is 5.80. The molecule has 0 saturated carbocycles. The van der Waals surface area contributed by atoms with E-state index in [0.29, 0.717) is 22.7 Å². The summed E-state index contributed by atoms with van der Waals surface area (Å²) in [4.78, 5) is 27.4. The van der Waals surface area contributed by atoms with Gasteiger partial charge in [-0.2, -0.15) is 0 Å². The standard InChI is InChI=1S/C22H19BrN2O4S2/c1-31(28,29)19-5-3-2-4-17(19)14-6-8-16(9-7-14)25-13-15(12-21(25)26)24-22(27)18-10-11-20(23)30-18/h2-11,15H,12-13H2,1H3,(H,24,27). The van der Waals surface area contributed by atoms with Crippen LogP contribution < -0.4 is 10.2 Å². The number of nitrogens with zero attached hydrogens (tertiary/aromatic N) is 1. The lowest BCUT2D eigenvalue weighted by atomic mass is 10.1. The van der Waals surface area contributed by atoms with Gasteiger partial charge in [-0.25, -0.2) is 8.42 Å². The van der Waals surface area contributed by atoms with Crippen molar-refractivity contribution in [2.45, 2.75) is 17.4 Å². The zero-order valence-electron chi connectivity index (χ0n) is 16.5. The fraction of sp³-hybridized carbons (Fsp3) is 0.182. The van der Waals surface area contributed by atoms with Crippen LogP contribution in [0.2, 0.25) is 0 Å². The Morgan fingerprint density at radius 3 is 2.45 bits per heavy atom. The number of benzene rings is 2. The maximum Gasteiger partial charge on any atom is 0.261 e. The van der Waals surface area contributed by atoms with Crippen molar-refractivity contribution in [2.75, 3.05) is 17.7 Å². The monoisotopic (exact) mass is 518 g/mol. The Hall–Kier alpha value is -2.49. The first-order chi connectivity index (χ1) is 14.7. The van der Waals surface area contributed by atoms with Gasteiger partial charge in [0.15, 0.2) is 9.84 Å². The number of anilines is 1. The second-order valence-electron chi connectivity index (χ2n) is 7.30. The number of hydrogen-bond donors (Lipinski definition) is 1. The van der Waals surface area contributed by atoms with Crippen molar-refractivity contribution in [3.05, 3.63) is 69.3 Å². The molecule has 2 heterocycles. The molecular weight excluding hydrogens is 500 g/mol. The molecule has 1 atom stereocenters. The number of hydrogen-bond acceptors (Lipinski definition) is 5. The van der Waals surface area contributed by atoms with Gasteiger partial charge in [-0.05, 0) is 51.8 Å². The average molecular weight is 519 g/mol. The lowest BCUT2D eigenvalue weighted by Gasteiger charge is -2.18. The fourth-order valence-electron chi connectivity index (χ4n) is 3.60. The van der Waals surface area contributed by atoms with E-state index in [0.717, 1.165) is 9.35 Å². The largest absolute Gasteiger partial charge is 0.346 e. The second-order valence-corrected chi connectivity index (χ2v) is 11.7. The van der Waals surface area contributed by atoms with E-state index >= 15 is 0 Å². The second kappa shape index (κ2) is 8.57. The van der Waals surface area contributed by atoms with Gasteiger partial charge in [0, 0.05) is 30.5 Å². The van der Waals surface area contributed by atoms with Gasteiger partial charge in [-0.15, -0.1) is 11.3 Å². The van der Waals surface area contributed by atoms with Crippen LogP contribution in [-0.2, 0) is 14.6 Å². The minimum atomic E-state index is -3.36. The molecule has 0 spiro atoms. The minimum absolute atomic E-state index is 0.0676. The molecule has 1 saturated heterocycles. The molecule has 31 heavy (non-hydrogen) atoms. The molecule has 0 radical (unpaired) electrons. The highest BCUT2D eigenvalue weighted by Gasteiger charge is 2.32. The number of amides is 2. The molecule has 3 aromatic rings. The number of sulfone groups is 1. The van der Waals surface area contributed by atoms with Crippen LogP contribution in [0.3, 0.4) is 0 Å². The van der Waals surface area contributed by atoms with Crippen molar-refractivity contribution in [2.24, 2.45) is 0 Å². The molecule has 1 aliphatic rings. The van der Waals surface area contributed by atoms with Gasteiger partial charge in [-0.1, -0.05) is 30.3 Å². The van der Waals surface area contributed by atoms with Crippen LogP contribution in [0.25, 0.3) is 11.1 Å². The van der Waals surface area contributed by atoms with Crippen molar-refractivity contribution in [1.82, 2.24) is 5.32 Å². The van der Waals surface area contributed by atoms with Gasteiger partial charge in [-0.3, -0.25) is 9.59 Å². The topological polar surface area (TPSA) is 83.6 Å². The summed E-state index contributed by atoms with van der Waals surface area (Å²) in [6.07, 6.45) is 1.42. The van der Waals surface area contributed by atoms with Crippen LogP contribution in [0.4, 0.5) is 5.69 Å². The van der Waals surface area contributed by atoms with Gasteiger partial charge in [0.1, 0.15) is 0 Å². The van der Waals surface area contributed by atoms with E-state index in [-0.39, 0.29) is 29.2 Å². The lowest BCUT2D eigenvalue weighted by Crippen LogP contribution is -2.36. The number of carbonyl (C=O) groups excluding carboxylic acids is 2. The molecule has 6 nitrogen and oxygen atoms in total. The first kappa shape index (κ1) is 21.7.